The van der Waals surface area contributed by atoms with Crippen molar-refractivity contribution in [2.45, 2.75) is 64.0 Å². The molecule has 2 aromatic rings. The van der Waals surface area contributed by atoms with Gasteiger partial charge in [0.2, 0.25) is 0 Å². The largest absolute Gasteiger partial charge is 0.508 e. The Morgan fingerprint density at radius 1 is 1.04 bits per heavy atom. The van der Waals surface area contributed by atoms with Gasteiger partial charge in [-0.25, -0.2) is 0 Å². The molecule has 2 saturated carbocycles. The lowest BCUT2D eigenvalue weighted by atomic mass is 9.55. The van der Waals surface area contributed by atoms with E-state index in [1.54, 1.807) is 0 Å². The second-order valence-corrected chi connectivity index (χ2v) is 9.34. The van der Waals surface area contributed by atoms with E-state index in [1.807, 2.05) is 12.1 Å². The van der Waals surface area contributed by atoms with Crippen LogP contribution in [0.15, 0.2) is 48.5 Å². The van der Waals surface area contributed by atoms with E-state index in [9.17, 15) is 5.11 Å². The molecule has 0 heterocycles. The van der Waals surface area contributed by atoms with Crippen molar-refractivity contribution in [3.05, 3.63) is 65.2 Å². The lowest BCUT2D eigenvalue weighted by molar-refractivity contribution is 0.0408. The van der Waals surface area contributed by atoms with Crippen LogP contribution >= 0.6 is 0 Å². The second-order valence-electron chi connectivity index (χ2n) is 9.34. The number of rotatable bonds is 3. The molecule has 5 atom stereocenters. The van der Waals surface area contributed by atoms with Crippen molar-refractivity contribution in [1.82, 2.24) is 5.32 Å². The minimum Gasteiger partial charge on any atom is -0.508 e. The van der Waals surface area contributed by atoms with Gasteiger partial charge < -0.3 is 10.4 Å². The van der Waals surface area contributed by atoms with Crippen LogP contribution in [0.5, 0.6) is 5.75 Å². The molecule has 0 spiro atoms. The highest BCUT2D eigenvalue weighted by atomic mass is 16.3. The smallest absolute Gasteiger partial charge is 0.115 e. The molecule has 0 radical (unpaired) electrons. The average Bonchev–Trinajstić information content (AvgIpc) is 3.03. The van der Waals surface area contributed by atoms with Gasteiger partial charge in [0, 0.05) is 12.6 Å². The van der Waals surface area contributed by atoms with Crippen molar-refractivity contribution < 1.29 is 5.11 Å². The predicted octanol–water partition coefficient (Wildman–Crippen LogP) is 5.41. The molecule has 2 fully saturated rings. The van der Waals surface area contributed by atoms with E-state index in [4.69, 9.17) is 0 Å². The fraction of sp³-hybridized carbons (Fsp3) is 0.520. The molecule has 5 rings (SSSR count). The fourth-order valence-electron chi connectivity index (χ4n) is 6.74. The summed E-state index contributed by atoms with van der Waals surface area (Å²) in [6.07, 6.45) is 7.76. The molecule has 0 bridgehead atoms. The Kier molecular flexibility index (Phi) is 4.27. The van der Waals surface area contributed by atoms with Gasteiger partial charge in [-0.1, -0.05) is 43.3 Å². The van der Waals surface area contributed by atoms with Crippen LogP contribution in [-0.4, -0.2) is 11.1 Å². The Hall–Kier alpha value is -1.80. The van der Waals surface area contributed by atoms with Crippen LogP contribution in [0.1, 0.15) is 61.6 Å². The summed E-state index contributed by atoms with van der Waals surface area (Å²) in [7, 11) is 0. The Balaban J connectivity index is 1.34. The lowest BCUT2D eigenvalue weighted by Gasteiger charge is -2.51. The van der Waals surface area contributed by atoms with Gasteiger partial charge in [0.25, 0.3) is 0 Å². The monoisotopic (exact) mass is 361 g/mol. The van der Waals surface area contributed by atoms with Gasteiger partial charge in [-0.05, 0) is 90.5 Å². The fourth-order valence-corrected chi connectivity index (χ4v) is 6.74. The van der Waals surface area contributed by atoms with Crippen molar-refractivity contribution in [2.75, 3.05) is 0 Å². The Labute approximate surface area is 163 Å². The van der Waals surface area contributed by atoms with Crippen LogP contribution in [-0.2, 0) is 13.0 Å². The highest BCUT2D eigenvalue weighted by Crippen LogP contribution is 2.61. The molecule has 0 saturated heterocycles. The third-order valence-electron chi connectivity index (χ3n) is 8.11. The summed E-state index contributed by atoms with van der Waals surface area (Å²) in [5.74, 6) is 2.80. The molecule has 2 nitrogen and oxygen atoms in total. The van der Waals surface area contributed by atoms with Gasteiger partial charge in [-0.2, -0.15) is 0 Å². The number of benzene rings is 2. The maximum Gasteiger partial charge on any atom is 0.115 e. The second kappa shape index (κ2) is 6.67. The van der Waals surface area contributed by atoms with Gasteiger partial charge >= 0.3 is 0 Å². The van der Waals surface area contributed by atoms with E-state index < -0.39 is 0 Å². The van der Waals surface area contributed by atoms with Gasteiger partial charge in [-0.3, -0.25) is 0 Å². The van der Waals surface area contributed by atoms with Crippen molar-refractivity contribution >= 4 is 0 Å². The first-order valence-electron chi connectivity index (χ1n) is 10.7. The molecule has 142 valence electrons. The van der Waals surface area contributed by atoms with Crippen LogP contribution in [0.4, 0.5) is 0 Å². The molecule has 2 aromatic carbocycles. The minimum atomic E-state index is 0.430. The number of nitrogens with one attached hydrogen (secondary N) is 1. The predicted molar refractivity (Wildman–Crippen MR) is 110 cm³/mol. The highest BCUT2D eigenvalue weighted by molar-refractivity contribution is 5.40. The van der Waals surface area contributed by atoms with E-state index in [0.29, 0.717) is 23.1 Å². The summed E-state index contributed by atoms with van der Waals surface area (Å²) >= 11 is 0. The van der Waals surface area contributed by atoms with Gasteiger partial charge in [0.15, 0.2) is 0 Å². The molecule has 0 aliphatic heterocycles. The van der Waals surface area contributed by atoms with E-state index in [2.05, 4.69) is 48.6 Å². The molecule has 3 unspecified atom stereocenters. The Morgan fingerprint density at radius 2 is 1.89 bits per heavy atom. The number of fused-ring (bicyclic) bond motifs is 5. The van der Waals surface area contributed by atoms with Crippen molar-refractivity contribution in [3.8, 4) is 5.75 Å². The first-order chi connectivity index (χ1) is 13.1. The molecule has 0 aromatic heterocycles. The zero-order chi connectivity index (χ0) is 18.4. The zero-order valence-corrected chi connectivity index (χ0v) is 16.3. The molecular weight excluding hydrogens is 330 g/mol. The number of hydrogen-bond acceptors (Lipinski definition) is 2. The standard InChI is InChI=1S/C25H31NO/c1-25-14-13-21-20-10-8-19(27)15-18(20)7-9-22(21)23(25)11-12-24(25)26-16-17-5-3-2-4-6-17/h2-6,8,10,15,21-24,26-27H,7,9,11-14,16H2,1H3/t21?,22?,23?,24-,25-/m0/s1. The molecule has 2 N–H and O–H groups in total. The van der Waals surface area contributed by atoms with Gasteiger partial charge in [0.05, 0.1) is 0 Å². The van der Waals surface area contributed by atoms with E-state index in [0.717, 1.165) is 24.8 Å². The van der Waals surface area contributed by atoms with E-state index in [-0.39, 0.29) is 0 Å². The SMILES string of the molecule is C[C@]12CCC3c4ccc(O)cc4CCC3C1CC[C@@H]2NCc1ccccc1. The number of aryl methyl sites for hydroxylation is 1. The Morgan fingerprint density at radius 3 is 2.74 bits per heavy atom. The average molecular weight is 362 g/mol. The van der Waals surface area contributed by atoms with E-state index in [1.165, 1.54) is 48.8 Å². The lowest BCUT2D eigenvalue weighted by Crippen LogP contribution is -2.48. The molecular formula is C25H31NO. The van der Waals surface area contributed by atoms with Crippen LogP contribution in [0, 0.1) is 17.3 Å². The van der Waals surface area contributed by atoms with Crippen LogP contribution < -0.4 is 5.32 Å². The molecule has 2 heteroatoms. The van der Waals surface area contributed by atoms with Crippen molar-refractivity contribution in [2.24, 2.45) is 17.3 Å². The first kappa shape index (κ1) is 17.3. The Bertz CT molecular complexity index is 816. The molecule has 27 heavy (non-hydrogen) atoms. The number of phenols is 1. The summed E-state index contributed by atoms with van der Waals surface area (Å²) in [6, 6.07) is 17.6. The summed E-state index contributed by atoms with van der Waals surface area (Å²) in [5.41, 5.74) is 4.76. The molecule has 3 aliphatic carbocycles. The van der Waals surface area contributed by atoms with Crippen molar-refractivity contribution in [3.63, 3.8) is 0 Å². The summed E-state index contributed by atoms with van der Waals surface area (Å²) in [4.78, 5) is 0. The number of phenolic OH excluding ortho intramolecular Hbond substituents is 1. The number of aromatic hydroxyl groups is 1. The van der Waals surface area contributed by atoms with Gasteiger partial charge in [0.1, 0.15) is 5.75 Å². The van der Waals surface area contributed by atoms with Crippen LogP contribution in [0.2, 0.25) is 0 Å². The first-order valence-corrected chi connectivity index (χ1v) is 10.7. The number of hydrogen-bond donors (Lipinski definition) is 2. The summed E-state index contributed by atoms with van der Waals surface area (Å²) in [6.45, 7) is 3.56. The third-order valence-corrected chi connectivity index (χ3v) is 8.11. The maximum absolute atomic E-state index is 9.86. The summed E-state index contributed by atoms with van der Waals surface area (Å²) in [5, 5.41) is 13.8. The van der Waals surface area contributed by atoms with Crippen molar-refractivity contribution in [1.29, 1.82) is 0 Å². The van der Waals surface area contributed by atoms with E-state index >= 15 is 0 Å². The molecule has 3 aliphatic rings. The van der Waals surface area contributed by atoms with Crippen LogP contribution in [0.25, 0.3) is 0 Å². The quantitative estimate of drug-likeness (QED) is 0.766. The summed E-state index contributed by atoms with van der Waals surface area (Å²) < 4.78 is 0. The topological polar surface area (TPSA) is 32.3 Å². The maximum atomic E-state index is 9.86. The minimum absolute atomic E-state index is 0.430. The highest BCUT2D eigenvalue weighted by Gasteiger charge is 2.54. The third kappa shape index (κ3) is 2.89. The normalized spacial score (nSPS) is 34.6. The van der Waals surface area contributed by atoms with Crippen LogP contribution in [0.3, 0.4) is 0 Å². The zero-order valence-electron chi connectivity index (χ0n) is 16.3. The molecule has 0 amide bonds. The van der Waals surface area contributed by atoms with Gasteiger partial charge in [-0.15, -0.1) is 0 Å².